The van der Waals surface area contributed by atoms with Gasteiger partial charge in [0.15, 0.2) is 0 Å². The first-order chi connectivity index (χ1) is 14.7. The second-order valence-electron chi connectivity index (χ2n) is 9.22. The Bertz CT molecular complexity index is 1080. The molecule has 0 aromatic heterocycles. The van der Waals surface area contributed by atoms with Crippen LogP contribution in [0.2, 0.25) is 5.02 Å². The SMILES string of the molecule is CCC(C)(O)C(=O)N1CCC2(C1)CC2(Cc1ccccc1F)c1ccc(C#N)c(Cl)c1. The minimum absolute atomic E-state index is 0.202. The first-order valence-electron chi connectivity index (χ1n) is 10.6. The molecule has 1 saturated heterocycles. The fraction of sp³-hybridized carbons (Fsp3) is 0.440. The molecule has 0 bridgehead atoms. The molecule has 6 heteroatoms. The molecule has 1 saturated carbocycles. The molecule has 3 atom stereocenters. The molecule has 0 radical (unpaired) electrons. The smallest absolute Gasteiger partial charge is 0.254 e. The van der Waals surface area contributed by atoms with Crippen LogP contribution in [0.4, 0.5) is 4.39 Å². The van der Waals surface area contributed by atoms with Crippen molar-refractivity contribution in [2.24, 2.45) is 5.41 Å². The Labute approximate surface area is 187 Å². The minimum Gasteiger partial charge on any atom is -0.380 e. The van der Waals surface area contributed by atoms with Crippen LogP contribution in [0.1, 0.15) is 49.8 Å². The Morgan fingerprint density at radius 2 is 2.10 bits per heavy atom. The number of halogens is 2. The predicted octanol–water partition coefficient (Wildman–Crippen LogP) is 4.61. The van der Waals surface area contributed by atoms with E-state index in [1.165, 1.54) is 6.07 Å². The maximum absolute atomic E-state index is 14.6. The van der Waals surface area contributed by atoms with Crippen LogP contribution in [0, 0.1) is 22.6 Å². The van der Waals surface area contributed by atoms with Crippen molar-refractivity contribution in [1.29, 1.82) is 5.26 Å². The van der Waals surface area contributed by atoms with Crippen molar-refractivity contribution in [2.75, 3.05) is 13.1 Å². The zero-order chi connectivity index (χ0) is 22.4. The molecule has 4 nitrogen and oxygen atoms in total. The van der Waals surface area contributed by atoms with Crippen molar-refractivity contribution < 1.29 is 14.3 Å². The van der Waals surface area contributed by atoms with E-state index >= 15 is 0 Å². The van der Waals surface area contributed by atoms with E-state index in [0.29, 0.717) is 42.1 Å². The van der Waals surface area contributed by atoms with E-state index in [-0.39, 0.29) is 22.6 Å². The number of nitrogens with zero attached hydrogens (tertiary/aromatic N) is 2. The van der Waals surface area contributed by atoms with Crippen LogP contribution in [0.5, 0.6) is 0 Å². The van der Waals surface area contributed by atoms with Gasteiger partial charge in [-0.3, -0.25) is 4.79 Å². The summed E-state index contributed by atoms with van der Waals surface area (Å²) in [7, 11) is 0. The lowest BCUT2D eigenvalue weighted by Gasteiger charge is -2.28. The summed E-state index contributed by atoms with van der Waals surface area (Å²) in [5, 5.41) is 20.1. The highest BCUT2D eigenvalue weighted by Gasteiger charge is 2.70. The van der Waals surface area contributed by atoms with Crippen LogP contribution in [-0.4, -0.2) is 34.6 Å². The fourth-order valence-corrected chi connectivity index (χ4v) is 5.46. The van der Waals surface area contributed by atoms with Gasteiger partial charge in [0.2, 0.25) is 0 Å². The maximum Gasteiger partial charge on any atom is 0.254 e. The van der Waals surface area contributed by atoms with E-state index in [0.717, 1.165) is 18.4 Å². The molecule has 31 heavy (non-hydrogen) atoms. The summed E-state index contributed by atoms with van der Waals surface area (Å²) in [6.45, 7) is 4.44. The van der Waals surface area contributed by atoms with Gasteiger partial charge in [0.1, 0.15) is 17.5 Å². The molecule has 162 valence electrons. The minimum atomic E-state index is -1.38. The van der Waals surface area contributed by atoms with Gasteiger partial charge in [0, 0.05) is 23.9 Å². The number of likely N-dealkylation sites (tertiary alicyclic amines) is 1. The number of benzene rings is 2. The van der Waals surface area contributed by atoms with Gasteiger partial charge in [-0.05, 0) is 61.9 Å². The van der Waals surface area contributed by atoms with Crippen LogP contribution in [0.15, 0.2) is 42.5 Å². The molecule has 3 unspecified atom stereocenters. The summed E-state index contributed by atoms with van der Waals surface area (Å²) in [4.78, 5) is 14.6. The largest absolute Gasteiger partial charge is 0.380 e. The van der Waals surface area contributed by atoms with E-state index in [1.807, 2.05) is 18.2 Å². The van der Waals surface area contributed by atoms with Gasteiger partial charge in [0.05, 0.1) is 10.6 Å². The molecule has 1 aliphatic heterocycles. The molecule has 1 N–H and O–H groups in total. The average molecular weight is 441 g/mol. The Balaban J connectivity index is 1.71. The summed E-state index contributed by atoms with van der Waals surface area (Å²) >= 11 is 6.36. The van der Waals surface area contributed by atoms with E-state index in [1.54, 1.807) is 36.9 Å². The quantitative estimate of drug-likeness (QED) is 0.738. The van der Waals surface area contributed by atoms with Crippen molar-refractivity contribution in [3.05, 3.63) is 70.0 Å². The molecule has 4 rings (SSSR count). The molecule has 2 aromatic carbocycles. The Morgan fingerprint density at radius 1 is 1.35 bits per heavy atom. The molecule has 1 amide bonds. The molecular formula is C25H26ClFN2O2. The third-order valence-corrected chi connectivity index (χ3v) is 7.73. The van der Waals surface area contributed by atoms with Gasteiger partial charge in [-0.25, -0.2) is 4.39 Å². The lowest BCUT2D eigenvalue weighted by Crippen LogP contribution is -2.46. The second-order valence-corrected chi connectivity index (χ2v) is 9.63. The third kappa shape index (κ3) is 3.52. The lowest BCUT2D eigenvalue weighted by atomic mass is 9.80. The number of aliphatic hydroxyl groups is 1. The number of hydrogen-bond acceptors (Lipinski definition) is 3. The van der Waals surface area contributed by atoms with E-state index < -0.39 is 5.60 Å². The van der Waals surface area contributed by atoms with Crippen molar-refractivity contribution in [2.45, 2.75) is 50.5 Å². The second kappa shape index (κ2) is 7.62. The Morgan fingerprint density at radius 3 is 2.74 bits per heavy atom. The highest BCUT2D eigenvalue weighted by atomic mass is 35.5. The van der Waals surface area contributed by atoms with Gasteiger partial charge in [-0.15, -0.1) is 0 Å². The number of carbonyl (C=O) groups excluding carboxylic acids is 1. The standard InChI is InChI=1S/C25H26ClFN2O2/c1-3-23(2,31)22(30)29-11-10-24(16-29)15-25(24,13-17-6-4-5-7-21(17)27)19-9-8-18(14-28)20(26)12-19/h4-9,12,31H,3,10-11,13,15-16H2,1-2H3. The lowest BCUT2D eigenvalue weighted by molar-refractivity contribution is -0.148. The van der Waals surface area contributed by atoms with Crippen molar-refractivity contribution in [3.63, 3.8) is 0 Å². The Hall–Kier alpha value is -2.42. The van der Waals surface area contributed by atoms with E-state index in [4.69, 9.17) is 11.6 Å². The zero-order valence-corrected chi connectivity index (χ0v) is 18.5. The summed E-state index contributed by atoms with van der Waals surface area (Å²) in [6, 6.07) is 14.3. The monoisotopic (exact) mass is 440 g/mol. The van der Waals surface area contributed by atoms with Gasteiger partial charge < -0.3 is 10.0 Å². The molecule has 2 fully saturated rings. The molecule has 1 heterocycles. The molecule has 1 aliphatic carbocycles. The van der Waals surface area contributed by atoms with Crippen molar-refractivity contribution in [3.8, 4) is 6.07 Å². The Kier molecular flexibility index (Phi) is 5.36. The topological polar surface area (TPSA) is 64.3 Å². The van der Waals surface area contributed by atoms with Gasteiger partial charge in [0.25, 0.3) is 5.91 Å². The first-order valence-corrected chi connectivity index (χ1v) is 11.0. The average Bonchev–Trinajstić information content (AvgIpc) is 3.16. The molecule has 2 aromatic rings. The van der Waals surface area contributed by atoms with Crippen molar-refractivity contribution >= 4 is 17.5 Å². The normalized spacial score (nSPS) is 26.5. The van der Waals surface area contributed by atoms with Crippen LogP contribution in [0.25, 0.3) is 0 Å². The molecule has 2 aliphatic rings. The summed E-state index contributed by atoms with van der Waals surface area (Å²) < 4.78 is 14.6. The van der Waals surface area contributed by atoms with Gasteiger partial charge in [-0.2, -0.15) is 5.26 Å². The van der Waals surface area contributed by atoms with Gasteiger partial charge >= 0.3 is 0 Å². The van der Waals surface area contributed by atoms with Crippen LogP contribution >= 0.6 is 11.6 Å². The van der Waals surface area contributed by atoms with Gasteiger partial charge in [-0.1, -0.05) is 42.8 Å². The number of nitriles is 1. The third-order valence-electron chi connectivity index (χ3n) is 7.41. The van der Waals surface area contributed by atoms with Crippen LogP contribution in [0.3, 0.4) is 0 Å². The van der Waals surface area contributed by atoms with Crippen molar-refractivity contribution in [1.82, 2.24) is 4.90 Å². The highest BCUT2D eigenvalue weighted by Crippen LogP contribution is 2.70. The first kappa shape index (κ1) is 21.8. The number of hydrogen-bond donors (Lipinski definition) is 1. The van der Waals surface area contributed by atoms with Crippen LogP contribution < -0.4 is 0 Å². The molecular weight excluding hydrogens is 415 g/mol. The number of amides is 1. The highest BCUT2D eigenvalue weighted by molar-refractivity contribution is 6.31. The van der Waals surface area contributed by atoms with E-state index in [9.17, 15) is 19.6 Å². The summed E-state index contributed by atoms with van der Waals surface area (Å²) in [5.41, 5.74) is 0.0447. The molecule has 1 spiro atoms. The van der Waals surface area contributed by atoms with E-state index in [2.05, 4.69) is 6.07 Å². The fourth-order valence-electron chi connectivity index (χ4n) is 5.24. The maximum atomic E-state index is 14.6. The zero-order valence-electron chi connectivity index (χ0n) is 17.8. The predicted molar refractivity (Wildman–Crippen MR) is 117 cm³/mol. The number of rotatable bonds is 5. The van der Waals surface area contributed by atoms with Crippen LogP contribution in [-0.2, 0) is 16.6 Å². The summed E-state index contributed by atoms with van der Waals surface area (Å²) in [6.07, 6.45) is 2.42. The summed E-state index contributed by atoms with van der Waals surface area (Å²) in [5.74, 6) is -0.500. The number of carbonyl (C=O) groups is 1.